The molecule has 0 aliphatic carbocycles. The fourth-order valence-electron chi connectivity index (χ4n) is 1.84. The third-order valence-corrected chi connectivity index (χ3v) is 2.93. The van der Waals surface area contributed by atoms with Crippen LogP contribution in [-0.4, -0.2) is 48.6 Å². The number of carbonyl (C=O) groups excluding carboxylic acids is 1. The molecule has 0 amide bonds. The average Bonchev–Trinajstić information content (AvgIpc) is 2.44. The molecule has 0 unspecified atom stereocenters. The topological polar surface area (TPSA) is 49.8 Å². The minimum absolute atomic E-state index is 0.0999. The van der Waals surface area contributed by atoms with Gasteiger partial charge in [-0.1, -0.05) is 6.92 Å². The van der Waals surface area contributed by atoms with Gasteiger partial charge in [0.05, 0.1) is 13.2 Å². The third kappa shape index (κ3) is 5.41. The second-order valence-corrected chi connectivity index (χ2v) is 4.33. The average molecular weight is 265 g/mol. The lowest BCUT2D eigenvalue weighted by Crippen LogP contribution is -2.31. The second kappa shape index (κ2) is 8.67. The van der Waals surface area contributed by atoms with Crippen molar-refractivity contribution in [1.29, 1.82) is 0 Å². The molecule has 0 radical (unpaired) electrons. The number of ketones is 1. The molecule has 0 aliphatic heterocycles. The van der Waals surface area contributed by atoms with Crippen LogP contribution in [0.5, 0.6) is 5.75 Å². The van der Waals surface area contributed by atoms with E-state index in [1.165, 1.54) is 0 Å². The van der Waals surface area contributed by atoms with Crippen LogP contribution in [0.1, 0.15) is 30.6 Å². The normalized spacial score (nSPS) is 10.7. The van der Waals surface area contributed by atoms with E-state index in [0.29, 0.717) is 25.1 Å². The van der Waals surface area contributed by atoms with E-state index in [1.54, 1.807) is 12.1 Å². The zero-order valence-electron chi connectivity index (χ0n) is 11.8. The lowest BCUT2D eigenvalue weighted by molar-refractivity contribution is 0.0928. The smallest absolute Gasteiger partial charge is 0.176 e. The molecule has 106 valence electrons. The molecule has 0 saturated heterocycles. The van der Waals surface area contributed by atoms with Gasteiger partial charge in [0.25, 0.3) is 0 Å². The van der Waals surface area contributed by atoms with Crippen molar-refractivity contribution < 1.29 is 14.6 Å². The molecule has 0 atom stereocenters. The van der Waals surface area contributed by atoms with Gasteiger partial charge in [-0.2, -0.15) is 0 Å². The van der Waals surface area contributed by atoms with E-state index in [2.05, 4.69) is 0 Å². The Balaban J connectivity index is 2.56. The largest absolute Gasteiger partial charge is 0.494 e. The Morgan fingerprint density at radius 2 is 1.95 bits per heavy atom. The van der Waals surface area contributed by atoms with E-state index in [9.17, 15) is 4.79 Å². The Hall–Kier alpha value is -1.39. The Bertz CT molecular complexity index is 375. The van der Waals surface area contributed by atoms with Gasteiger partial charge < -0.3 is 9.84 Å². The summed E-state index contributed by atoms with van der Waals surface area (Å²) in [6.07, 6.45) is 0.699. The number of aliphatic hydroxyl groups excluding tert-OH is 1. The van der Waals surface area contributed by atoms with Crippen LogP contribution in [0, 0.1) is 0 Å². The number of nitrogens with zero attached hydrogens (tertiary/aromatic N) is 1. The lowest BCUT2D eigenvalue weighted by atomic mass is 10.1. The van der Waals surface area contributed by atoms with Crippen molar-refractivity contribution >= 4 is 5.78 Å². The highest BCUT2D eigenvalue weighted by Gasteiger charge is 2.11. The SMILES string of the molecule is CCOc1ccc(C(=O)CN(CC)CCCO)cc1. The van der Waals surface area contributed by atoms with Crippen LogP contribution in [0.25, 0.3) is 0 Å². The summed E-state index contributed by atoms with van der Waals surface area (Å²) in [5.41, 5.74) is 0.700. The fourth-order valence-corrected chi connectivity index (χ4v) is 1.84. The van der Waals surface area contributed by atoms with Gasteiger partial charge in [-0.15, -0.1) is 0 Å². The molecule has 0 aromatic heterocycles. The molecule has 1 rings (SSSR count). The first-order chi connectivity index (χ1) is 9.21. The molecule has 0 bridgehead atoms. The van der Waals surface area contributed by atoms with Gasteiger partial charge in [-0.3, -0.25) is 9.69 Å². The van der Waals surface area contributed by atoms with Gasteiger partial charge in [0.2, 0.25) is 0 Å². The summed E-state index contributed by atoms with van der Waals surface area (Å²) in [5.74, 6) is 0.884. The second-order valence-electron chi connectivity index (χ2n) is 4.33. The van der Waals surface area contributed by atoms with Crippen molar-refractivity contribution in [2.45, 2.75) is 20.3 Å². The number of likely N-dealkylation sites (N-methyl/N-ethyl adjacent to an activating group) is 1. The number of carbonyl (C=O) groups is 1. The minimum atomic E-state index is 0.0999. The number of ether oxygens (including phenoxy) is 1. The van der Waals surface area contributed by atoms with Crippen molar-refractivity contribution in [1.82, 2.24) is 4.90 Å². The predicted molar refractivity (Wildman–Crippen MR) is 75.8 cm³/mol. The van der Waals surface area contributed by atoms with E-state index in [4.69, 9.17) is 9.84 Å². The number of benzene rings is 1. The van der Waals surface area contributed by atoms with Gasteiger partial charge in [0.1, 0.15) is 5.75 Å². The van der Waals surface area contributed by atoms with Crippen molar-refractivity contribution in [2.24, 2.45) is 0 Å². The van der Waals surface area contributed by atoms with Gasteiger partial charge in [-0.05, 0) is 44.2 Å². The molecule has 0 fully saturated rings. The molecule has 4 heteroatoms. The quantitative estimate of drug-likeness (QED) is 0.694. The Morgan fingerprint density at radius 1 is 1.26 bits per heavy atom. The van der Waals surface area contributed by atoms with E-state index in [0.717, 1.165) is 18.8 Å². The van der Waals surface area contributed by atoms with E-state index in [1.807, 2.05) is 30.9 Å². The summed E-state index contributed by atoms with van der Waals surface area (Å²) in [7, 11) is 0. The van der Waals surface area contributed by atoms with Crippen molar-refractivity contribution in [3.05, 3.63) is 29.8 Å². The highest BCUT2D eigenvalue weighted by atomic mass is 16.5. The molecular formula is C15H23NO3. The third-order valence-electron chi connectivity index (χ3n) is 2.93. The van der Waals surface area contributed by atoms with Crippen LogP contribution in [-0.2, 0) is 0 Å². The summed E-state index contributed by atoms with van der Waals surface area (Å²) in [4.78, 5) is 14.1. The van der Waals surface area contributed by atoms with Crippen LogP contribution in [0.2, 0.25) is 0 Å². The molecule has 0 aliphatic rings. The summed E-state index contributed by atoms with van der Waals surface area (Å²) >= 11 is 0. The van der Waals surface area contributed by atoms with Crippen LogP contribution in [0.15, 0.2) is 24.3 Å². The molecule has 19 heavy (non-hydrogen) atoms. The fraction of sp³-hybridized carbons (Fsp3) is 0.533. The minimum Gasteiger partial charge on any atom is -0.494 e. The van der Waals surface area contributed by atoms with Crippen molar-refractivity contribution in [3.63, 3.8) is 0 Å². The van der Waals surface area contributed by atoms with Crippen molar-refractivity contribution in [3.8, 4) is 5.75 Å². The highest BCUT2D eigenvalue weighted by Crippen LogP contribution is 2.13. The number of aliphatic hydroxyl groups is 1. The van der Waals surface area contributed by atoms with Gasteiger partial charge in [-0.25, -0.2) is 0 Å². The van der Waals surface area contributed by atoms with Gasteiger partial charge >= 0.3 is 0 Å². The Kier molecular flexibility index (Phi) is 7.15. The number of hydrogen-bond donors (Lipinski definition) is 1. The molecule has 1 N–H and O–H groups in total. The molecule has 0 spiro atoms. The standard InChI is InChI=1S/C15H23NO3/c1-3-16(10-5-11-17)12-15(18)13-6-8-14(9-7-13)19-4-2/h6-9,17H,3-5,10-12H2,1-2H3. The summed E-state index contributed by atoms with van der Waals surface area (Å²) in [6, 6.07) is 7.24. The maximum absolute atomic E-state index is 12.1. The molecule has 1 aromatic rings. The summed E-state index contributed by atoms with van der Waals surface area (Å²) in [5, 5.41) is 8.82. The first kappa shape index (κ1) is 15.7. The van der Waals surface area contributed by atoms with Crippen LogP contribution >= 0.6 is 0 Å². The molecular weight excluding hydrogens is 242 g/mol. The zero-order valence-corrected chi connectivity index (χ0v) is 11.8. The zero-order chi connectivity index (χ0) is 14.1. The first-order valence-electron chi connectivity index (χ1n) is 6.80. The van der Waals surface area contributed by atoms with Gasteiger partial charge in [0.15, 0.2) is 5.78 Å². The first-order valence-corrected chi connectivity index (χ1v) is 6.80. The summed E-state index contributed by atoms with van der Waals surface area (Å²) in [6.45, 7) is 6.68. The van der Waals surface area contributed by atoms with Crippen LogP contribution in [0.4, 0.5) is 0 Å². The monoisotopic (exact) mass is 265 g/mol. The Labute approximate surface area is 115 Å². The molecule has 4 nitrogen and oxygen atoms in total. The number of Topliss-reactive ketones (excluding diaryl/α,β-unsaturated/α-hetero) is 1. The number of rotatable bonds is 9. The predicted octanol–water partition coefficient (Wildman–Crippen LogP) is 1.97. The lowest BCUT2D eigenvalue weighted by Gasteiger charge is -2.18. The molecule has 1 aromatic carbocycles. The molecule has 0 heterocycles. The Morgan fingerprint density at radius 3 is 2.47 bits per heavy atom. The van der Waals surface area contributed by atoms with E-state index < -0.39 is 0 Å². The maximum atomic E-state index is 12.1. The number of hydrogen-bond acceptors (Lipinski definition) is 4. The summed E-state index contributed by atoms with van der Waals surface area (Å²) < 4.78 is 5.35. The molecule has 0 saturated carbocycles. The van der Waals surface area contributed by atoms with Crippen molar-refractivity contribution in [2.75, 3.05) is 32.8 Å². The maximum Gasteiger partial charge on any atom is 0.176 e. The highest BCUT2D eigenvalue weighted by molar-refractivity contribution is 5.97. The van der Waals surface area contributed by atoms with Crippen LogP contribution < -0.4 is 4.74 Å². The van der Waals surface area contributed by atoms with E-state index in [-0.39, 0.29) is 12.4 Å². The van der Waals surface area contributed by atoms with Gasteiger partial charge in [0, 0.05) is 18.7 Å². The van der Waals surface area contributed by atoms with Crippen LogP contribution in [0.3, 0.4) is 0 Å². The van der Waals surface area contributed by atoms with E-state index >= 15 is 0 Å².